The van der Waals surface area contributed by atoms with Gasteiger partial charge >= 0.3 is 0 Å². The SMILES string of the molecule is C#CCN(C)CCC(N)C(C)(C)C. The smallest absolute Gasteiger partial charge is 0.0596 e. The molecule has 0 aliphatic carbocycles. The summed E-state index contributed by atoms with van der Waals surface area (Å²) in [7, 11) is 2.02. The number of hydrogen-bond donors (Lipinski definition) is 1. The lowest BCUT2D eigenvalue weighted by Gasteiger charge is -2.28. The molecule has 0 amide bonds. The van der Waals surface area contributed by atoms with E-state index in [0.717, 1.165) is 13.0 Å². The summed E-state index contributed by atoms with van der Waals surface area (Å²) in [5.41, 5.74) is 6.21. The summed E-state index contributed by atoms with van der Waals surface area (Å²) in [6, 6.07) is 0.243. The number of rotatable bonds is 4. The van der Waals surface area contributed by atoms with Crippen LogP contribution in [0.25, 0.3) is 0 Å². The molecule has 0 fully saturated rings. The van der Waals surface area contributed by atoms with Gasteiger partial charge in [0, 0.05) is 12.6 Å². The topological polar surface area (TPSA) is 29.3 Å². The maximum atomic E-state index is 6.02. The summed E-state index contributed by atoms with van der Waals surface area (Å²) in [5, 5.41) is 0. The zero-order valence-electron chi connectivity index (χ0n) is 9.30. The molecule has 0 aliphatic rings. The Hall–Kier alpha value is -0.520. The first-order valence-corrected chi connectivity index (χ1v) is 4.75. The highest BCUT2D eigenvalue weighted by atomic mass is 15.1. The fourth-order valence-corrected chi connectivity index (χ4v) is 1.03. The summed E-state index contributed by atoms with van der Waals surface area (Å²) in [4.78, 5) is 2.12. The van der Waals surface area contributed by atoms with E-state index in [1.54, 1.807) is 0 Å². The highest BCUT2D eigenvalue weighted by Gasteiger charge is 2.20. The lowest BCUT2D eigenvalue weighted by molar-refractivity contribution is 0.267. The first-order valence-electron chi connectivity index (χ1n) is 4.75. The van der Waals surface area contributed by atoms with Crippen LogP contribution in [0.15, 0.2) is 0 Å². The first kappa shape index (κ1) is 12.5. The van der Waals surface area contributed by atoms with E-state index in [4.69, 9.17) is 12.2 Å². The first-order chi connectivity index (χ1) is 5.88. The lowest BCUT2D eigenvalue weighted by atomic mass is 9.85. The van der Waals surface area contributed by atoms with Crippen molar-refractivity contribution in [2.75, 3.05) is 20.1 Å². The highest BCUT2D eigenvalue weighted by molar-refractivity contribution is 4.87. The Kier molecular flexibility index (Phi) is 5.05. The predicted molar refractivity (Wildman–Crippen MR) is 58.4 cm³/mol. The van der Waals surface area contributed by atoms with E-state index >= 15 is 0 Å². The largest absolute Gasteiger partial charge is 0.327 e. The van der Waals surface area contributed by atoms with Crippen molar-refractivity contribution in [3.05, 3.63) is 0 Å². The van der Waals surface area contributed by atoms with Crippen molar-refractivity contribution in [1.82, 2.24) is 4.90 Å². The maximum absolute atomic E-state index is 6.02. The van der Waals surface area contributed by atoms with E-state index in [1.807, 2.05) is 7.05 Å². The maximum Gasteiger partial charge on any atom is 0.0596 e. The molecule has 0 aliphatic heterocycles. The van der Waals surface area contributed by atoms with Gasteiger partial charge in [0.1, 0.15) is 0 Å². The average Bonchev–Trinajstić information content (AvgIpc) is 1.99. The molecule has 0 saturated heterocycles. The molecule has 0 bridgehead atoms. The number of terminal acetylenes is 1. The second-order valence-corrected chi connectivity index (χ2v) is 4.70. The van der Waals surface area contributed by atoms with Gasteiger partial charge in [0.2, 0.25) is 0 Å². The molecule has 2 heteroatoms. The molecule has 0 rings (SSSR count). The Bertz CT molecular complexity index is 174. The van der Waals surface area contributed by atoms with Crippen LogP contribution in [0, 0.1) is 17.8 Å². The van der Waals surface area contributed by atoms with Gasteiger partial charge in [-0.1, -0.05) is 26.7 Å². The van der Waals surface area contributed by atoms with Gasteiger partial charge in [0.15, 0.2) is 0 Å². The minimum Gasteiger partial charge on any atom is -0.327 e. The fraction of sp³-hybridized carbons (Fsp3) is 0.818. The quantitative estimate of drug-likeness (QED) is 0.664. The molecule has 0 aromatic rings. The van der Waals surface area contributed by atoms with E-state index in [-0.39, 0.29) is 11.5 Å². The molecule has 76 valence electrons. The molecule has 1 atom stereocenters. The Balaban J connectivity index is 3.71. The van der Waals surface area contributed by atoms with Gasteiger partial charge in [-0.15, -0.1) is 6.42 Å². The van der Waals surface area contributed by atoms with Crippen LogP contribution in [-0.2, 0) is 0 Å². The van der Waals surface area contributed by atoms with E-state index in [2.05, 4.69) is 31.6 Å². The van der Waals surface area contributed by atoms with Crippen molar-refractivity contribution in [2.45, 2.75) is 33.2 Å². The molecule has 0 radical (unpaired) electrons. The summed E-state index contributed by atoms with van der Waals surface area (Å²) in [6.07, 6.45) is 6.20. The van der Waals surface area contributed by atoms with Crippen LogP contribution in [0.2, 0.25) is 0 Å². The molecule has 0 saturated carbocycles. The minimum atomic E-state index is 0.191. The molecule has 0 aromatic carbocycles. The molecule has 13 heavy (non-hydrogen) atoms. The molecule has 0 spiro atoms. The predicted octanol–water partition coefficient (Wildman–Crippen LogP) is 1.31. The van der Waals surface area contributed by atoms with Crippen LogP contribution in [0.4, 0.5) is 0 Å². The fourth-order valence-electron chi connectivity index (χ4n) is 1.03. The third-order valence-electron chi connectivity index (χ3n) is 2.30. The van der Waals surface area contributed by atoms with Crippen molar-refractivity contribution >= 4 is 0 Å². The molecular formula is C11H22N2. The number of hydrogen-bond acceptors (Lipinski definition) is 2. The third-order valence-corrected chi connectivity index (χ3v) is 2.30. The Morgan fingerprint density at radius 2 is 2.00 bits per heavy atom. The van der Waals surface area contributed by atoms with E-state index in [9.17, 15) is 0 Å². The Morgan fingerprint density at radius 3 is 2.38 bits per heavy atom. The monoisotopic (exact) mass is 182 g/mol. The summed E-state index contributed by atoms with van der Waals surface area (Å²) in [5.74, 6) is 2.62. The van der Waals surface area contributed by atoms with Crippen molar-refractivity contribution in [3.8, 4) is 12.3 Å². The summed E-state index contributed by atoms with van der Waals surface area (Å²) >= 11 is 0. The van der Waals surface area contributed by atoms with Gasteiger partial charge in [0.05, 0.1) is 6.54 Å². The van der Waals surface area contributed by atoms with Crippen LogP contribution in [-0.4, -0.2) is 31.1 Å². The summed E-state index contributed by atoms with van der Waals surface area (Å²) < 4.78 is 0. The Labute approximate surface area is 82.5 Å². The molecular weight excluding hydrogens is 160 g/mol. The van der Waals surface area contributed by atoms with Gasteiger partial charge in [-0.25, -0.2) is 0 Å². The van der Waals surface area contributed by atoms with Gasteiger partial charge < -0.3 is 5.73 Å². The van der Waals surface area contributed by atoms with Gasteiger partial charge in [-0.05, 0) is 18.9 Å². The second-order valence-electron chi connectivity index (χ2n) is 4.70. The van der Waals surface area contributed by atoms with Crippen molar-refractivity contribution in [2.24, 2.45) is 11.1 Å². The zero-order valence-corrected chi connectivity index (χ0v) is 9.30. The normalized spacial score (nSPS) is 14.2. The van der Waals surface area contributed by atoms with Crippen LogP contribution < -0.4 is 5.73 Å². The molecule has 1 unspecified atom stereocenters. The standard InChI is InChI=1S/C11H22N2/c1-6-8-13(5)9-7-10(12)11(2,3)4/h1,10H,7-9,12H2,2-5H3. The van der Waals surface area contributed by atoms with Crippen LogP contribution in [0.3, 0.4) is 0 Å². The van der Waals surface area contributed by atoms with E-state index < -0.39 is 0 Å². The molecule has 0 aromatic heterocycles. The van der Waals surface area contributed by atoms with Gasteiger partial charge in [-0.3, -0.25) is 4.90 Å². The molecule has 0 heterocycles. The van der Waals surface area contributed by atoms with Crippen LogP contribution >= 0.6 is 0 Å². The van der Waals surface area contributed by atoms with Crippen molar-refractivity contribution < 1.29 is 0 Å². The van der Waals surface area contributed by atoms with Gasteiger partial charge in [-0.2, -0.15) is 0 Å². The van der Waals surface area contributed by atoms with Crippen LogP contribution in [0.5, 0.6) is 0 Å². The lowest BCUT2D eigenvalue weighted by Crippen LogP contribution is -2.38. The highest BCUT2D eigenvalue weighted by Crippen LogP contribution is 2.19. The molecule has 2 N–H and O–H groups in total. The van der Waals surface area contributed by atoms with Crippen molar-refractivity contribution in [1.29, 1.82) is 0 Å². The third kappa shape index (κ3) is 5.68. The Morgan fingerprint density at radius 1 is 1.46 bits per heavy atom. The number of nitrogens with two attached hydrogens (primary N) is 1. The summed E-state index contributed by atoms with van der Waals surface area (Å²) in [6.45, 7) is 8.18. The van der Waals surface area contributed by atoms with Gasteiger partial charge in [0.25, 0.3) is 0 Å². The van der Waals surface area contributed by atoms with Crippen LogP contribution in [0.1, 0.15) is 27.2 Å². The van der Waals surface area contributed by atoms with Crippen molar-refractivity contribution in [3.63, 3.8) is 0 Å². The van der Waals surface area contributed by atoms with E-state index in [0.29, 0.717) is 6.54 Å². The zero-order chi connectivity index (χ0) is 10.5. The second kappa shape index (κ2) is 5.26. The number of nitrogens with zero attached hydrogens (tertiary/aromatic N) is 1. The van der Waals surface area contributed by atoms with E-state index in [1.165, 1.54) is 0 Å². The minimum absolute atomic E-state index is 0.191. The average molecular weight is 182 g/mol. The molecule has 2 nitrogen and oxygen atoms in total.